The molecule has 1 fully saturated rings. The Morgan fingerprint density at radius 3 is 2.37 bits per heavy atom. The van der Waals surface area contributed by atoms with Gasteiger partial charge >= 0.3 is 0 Å². The van der Waals surface area contributed by atoms with Gasteiger partial charge in [0.05, 0.1) is 34.3 Å². The number of rotatable bonds is 4. The predicted molar refractivity (Wildman–Crippen MR) is 102 cm³/mol. The van der Waals surface area contributed by atoms with Crippen molar-refractivity contribution in [2.45, 2.75) is 6.42 Å². The number of anilines is 2. The number of carbonyl (C=O) groups is 2. The van der Waals surface area contributed by atoms with Crippen LogP contribution in [0.25, 0.3) is 10.9 Å². The Morgan fingerprint density at radius 1 is 0.926 bits per heavy atom. The average molecular weight is 356 g/mol. The van der Waals surface area contributed by atoms with Crippen molar-refractivity contribution >= 4 is 34.1 Å². The molecule has 1 aliphatic rings. The molecule has 2 atom stereocenters. The summed E-state index contributed by atoms with van der Waals surface area (Å²) in [6.45, 7) is 0. The second-order valence-corrected chi connectivity index (χ2v) is 6.47. The summed E-state index contributed by atoms with van der Waals surface area (Å²) in [7, 11) is 0. The van der Waals surface area contributed by atoms with Crippen LogP contribution in [-0.4, -0.2) is 16.8 Å². The summed E-state index contributed by atoms with van der Waals surface area (Å²) in [6.07, 6.45) is 2.17. The summed E-state index contributed by atoms with van der Waals surface area (Å²) in [5, 5.41) is 15.7. The van der Waals surface area contributed by atoms with Crippen LogP contribution in [0.15, 0.2) is 60.8 Å². The maximum atomic E-state index is 12.5. The number of hydrogen-bond acceptors (Lipinski definition) is 4. The van der Waals surface area contributed by atoms with Gasteiger partial charge in [0.15, 0.2) is 0 Å². The van der Waals surface area contributed by atoms with Crippen molar-refractivity contribution in [2.75, 3.05) is 10.6 Å². The number of nitrogens with zero attached hydrogens (tertiary/aromatic N) is 2. The third-order valence-corrected chi connectivity index (χ3v) is 4.66. The fourth-order valence-electron chi connectivity index (χ4n) is 3.12. The van der Waals surface area contributed by atoms with Gasteiger partial charge in [-0.05, 0) is 30.7 Å². The van der Waals surface area contributed by atoms with E-state index in [1.807, 2.05) is 30.3 Å². The minimum atomic E-state index is -0.389. The van der Waals surface area contributed by atoms with Crippen LogP contribution in [0.4, 0.5) is 11.4 Å². The smallest absolute Gasteiger partial charge is 0.228 e. The molecule has 27 heavy (non-hydrogen) atoms. The molecular formula is C21H16N4O2. The zero-order valence-electron chi connectivity index (χ0n) is 14.3. The van der Waals surface area contributed by atoms with Crippen molar-refractivity contribution in [3.05, 3.63) is 66.4 Å². The molecule has 6 heteroatoms. The van der Waals surface area contributed by atoms with Crippen LogP contribution in [0, 0.1) is 23.2 Å². The maximum Gasteiger partial charge on any atom is 0.228 e. The number of amides is 2. The summed E-state index contributed by atoms with van der Waals surface area (Å²) in [5.74, 6) is -1.20. The lowest BCUT2D eigenvalue weighted by Gasteiger charge is -2.08. The number of fused-ring (bicyclic) bond motifs is 1. The van der Waals surface area contributed by atoms with Gasteiger partial charge in [-0.25, -0.2) is 0 Å². The Kier molecular flexibility index (Phi) is 4.27. The van der Waals surface area contributed by atoms with Gasteiger partial charge in [0, 0.05) is 11.6 Å². The van der Waals surface area contributed by atoms with E-state index in [9.17, 15) is 9.59 Å². The van der Waals surface area contributed by atoms with Gasteiger partial charge < -0.3 is 10.6 Å². The first-order valence-corrected chi connectivity index (χ1v) is 8.62. The molecule has 6 nitrogen and oxygen atoms in total. The molecule has 1 heterocycles. The molecule has 0 radical (unpaired) electrons. The van der Waals surface area contributed by atoms with Crippen LogP contribution in [0.5, 0.6) is 0 Å². The van der Waals surface area contributed by atoms with Crippen LogP contribution in [0.3, 0.4) is 0 Å². The average Bonchev–Trinajstić information content (AvgIpc) is 3.50. The third-order valence-electron chi connectivity index (χ3n) is 4.66. The van der Waals surface area contributed by atoms with Gasteiger partial charge in [-0.2, -0.15) is 5.26 Å². The van der Waals surface area contributed by atoms with E-state index in [0.717, 1.165) is 10.9 Å². The van der Waals surface area contributed by atoms with Crippen LogP contribution < -0.4 is 10.6 Å². The predicted octanol–water partition coefficient (Wildman–Crippen LogP) is 3.32. The van der Waals surface area contributed by atoms with Gasteiger partial charge in [0.25, 0.3) is 0 Å². The highest BCUT2D eigenvalue weighted by Crippen LogP contribution is 2.40. The molecule has 2 N–H and O–H groups in total. The Bertz CT molecular complexity index is 1080. The first kappa shape index (κ1) is 16.7. The molecule has 4 rings (SSSR count). The molecular weight excluding hydrogens is 340 g/mol. The number of nitriles is 1. The zero-order chi connectivity index (χ0) is 18.8. The Balaban J connectivity index is 1.43. The maximum absolute atomic E-state index is 12.5. The van der Waals surface area contributed by atoms with E-state index >= 15 is 0 Å². The molecule has 0 aliphatic heterocycles. The first-order chi connectivity index (χ1) is 13.2. The number of pyridine rings is 1. The Morgan fingerprint density at radius 2 is 1.59 bits per heavy atom. The number of carbonyl (C=O) groups excluding carboxylic acids is 2. The lowest BCUT2D eigenvalue weighted by atomic mass is 10.1. The number of benzene rings is 2. The molecule has 132 valence electrons. The normalized spacial score (nSPS) is 17.7. The van der Waals surface area contributed by atoms with Crippen molar-refractivity contribution in [3.8, 4) is 6.07 Å². The second kappa shape index (κ2) is 6.89. The molecule has 0 spiro atoms. The summed E-state index contributed by atoms with van der Waals surface area (Å²) >= 11 is 0. The summed E-state index contributed by atoms with van der Waals surface area (Å²) < 4.78 is 0. The minimum Gasteiger partial charge on any atom is -0.325 e. The monoisotopic (exact) mass is 356 g/mol. The second-order valence-electron chi connectivity index (χ2n) is 6.47. The van der Waals surface area contributed by atoms with E-state index < -0.39 is 0 Å². The summed E-state index contributed by atoms with van der Waals surface area (Å²) in [6, 6.07) is 18.2. The number of hydrogen-bond donors (Lipinski definition) is 2. The lowest BCUT2D eigenvalue weighted by molar-refractivity contribution is -0.122. The van der Waals surface area contributed by atoms with Crippen LogP contribution in [-0.2, 0) is 9.59 Å². The van der Waals surface area contributed by atoms with Crippen molar-refractivity contribution in [2.24, 2.45) is 11.8 Å². The molecule has 3 aromatic rings. The van der Waals surface area contributed by atoms with E-state index in [1.54, 1.807) is 36.5 Å². The summed E-state index contributed by atoms with van der Waals surface area (Å²) in [4.78, 5) is 29.3. The van der Waals surface area contributed by atoms with E-state index in [4.69, 9.17) is 5.26 Å². The van der Waals surface area contributed by atoms with Crippen LogP contribution >= 0.6 is 0 Å². The molecule has 2 aromatic carbocycles. The first-order valence-electron chi connectivity index (χ1n) is 8.62. The fraction of sp³-hybridized carbons (Fsp3) is 0.143. The van der Waals surface area contributed by atoms with Crippen molar-refractivity contribution < 1.29 is 9.59 Å². The van der Waals surface area contributed by atoms with E-state index in [2.05, 4.69) is 15.6 Å². The minimum absolute atomic E-state index is 0.193. The highest BCUT2D eigenvalue weighted by molar-refractivity contribution is 6.06. The highest BCUT2D eigenvalue weighted by Gasteiger charge is 2.48. The molecule has 2 unspecified atom stereocenters. The van der Waals surface area contributed by atoms with Gasteiger partial charge in [-0.3, -0.25) is 14.6 Å². The van der Waals surface area contributed by atoms with Gasteiger partial charge in [-0.15, -0.1) is 0 Å². The number of para-hydroxylation sites is 2. The van der Waals surface area contributed by atoms with Crippen LogP contribution in [0.2, 0.25) is 0 Å². The SMILES string of the molecule is N#Cc1ccccc1NC(=O)C1CC1C(=O)Nc1cccc2cccnc12. The van der Waals surface area contributed by atoms with Gasteiger partial charge in [-0.1, -0.05) is 30.3 Å². The molecule has 1 aromatic heterocycles. The van der Waals surface area contributed by atoms with Crippen molar-refractivity contribution in [1.82, 2.24) is 4.98 Å². The van der Waals surface area contributed by atoms with Crippen LogP contribution in [0.1, 0.15) is 12.0 Å². The van der Waals surface area contributed by atoms with Gasteiger partial charge in [0.1, 0.15) is 6.07 Å². The quantitative estimate of drug-likeness (QED) is 0.750. The molecule has 0 bridgehead atoms. The topological polar surface area (TPSA) is 94.9 Å². The molecule has 1 aliphatic carbocycles. The zero-order valence-corrected chi connectivity index (χ0v) is 14.3. The van der Waals surface area contributed by atoms with E-state index in [0.29, 0.717) is 23.4 Å². The number of nitrogens with one attached hydrogen (secondary N) is 2. The standard InChI is InChI=1S/C21H16N4O2/c22-12-14-5-1-2-8-17(14)24-20(26)15-11-16(15)21(27)25-18-9-3-6-13-7-4-10-23-19(13)18/h1-10,15-16H,11H2,(H,24,26)(H,25,27). The number of aromatic nitrogens is 1. The van der Waals surface area contributed by atoms with Crippen molar-refractivity contribution in [3.63, 3.8) is 0 Å². The molecule has 0 saturated heterocycles. The van der Waals surface area contributed by atoms with Gasteiger partial charge in [0.2, 0.25) is 11.8 Å². The summed E-state index contributed by atoms with van der Waals surface area (Å²) in [5.41, 5.74) is 2.22. The largest absolute Gasteiger partial charge is 0.325 e. The third kappa shape index (κ3) is 3.35. The molecule has 2 amide bonds. The molecule has 1 saturated carbocycles. The lowest BCUT2D eigenvalue weighted by Crippen LogP contribution is -2.21. The fourth-order valence-corrected chi connectivity index (χ4v) is 3.12. The van der Waals surface area contributed by atoms with Crippen molar-refractivity contribution in [1.29, 1.82) is 5.26 Å². The highest BCUT2D eigenvalue weighted by atomic mass is 16.2. The Hall–Kier alpha value is -3.72. The Labute approximate surface area is 155 Å². The van der Waals surface area contributed by atoms with E-state index in [1.165, 1.54) is 0 Å². The van der Waals surface area contributed by atoms with E-state index in [-0.39, 0.29) is 23.7 Å².